The van der Waals surface area contributed by atoms with Crippen molar-refractivity contribution >= 4 is 17.2 Å². The largest absolute Gasteiger partial charge is 0.491 e. The maximum Gasteiger partial charge on any atom is 0.120 e. The van der Waals surface area contributed by atoms with Crippen LogP contribution < -0.4 is 10.5 Å². The lowest BCUT2D eigenvalue weighted by Crippen LogP contribution is -2.35. The van der Waals surface area contributed by atoms with Crippen molar-refractivity contribution in [1.82, 2.24) is 4.90 Å². The standard InChI is InChI=1S/C16H26N2O2S/c1-4-12(2)9-18(3)10-14(19)11-20-15-7-5-6-13(8-15)16(17)21/h5-8,12,14,19H,4,9-11H2,1-3H3,(H2,17,21). The molecule has 1 aromatic carbocycles. The molecule has 0 aliphatic heterocycles. The van der Waals surface area contributed by atoms with E-state index in [0.717, 1.165) is 18.5 Å². The second-order valence-electron chi connectivity index (χ2n) is 5.59. The molecule has 0 bridgehead atoms. The summed E-state index contributed by atoms with van der Waals surface area (Å²) in [6.45, 7) is 6.21. The van der Waals surface area contributed by atoms with Crippen LogP contribution in [-0.2, 0) is 0 Å². The maximum absolute atomic E-state index is 10.0. The van der Waals surface area contributed by atoms with E-state index >= 15 is 0 Å². The van der Waals surface area contributed by atoms with Crippen LogP contribution in [-0.4, -0.2) is 47.8 Å². The van der Waals surface area contributed by atoms with Crippen molar-refractivity contribution in [2.75, 3.05) is 26.7 Å². The van der Waals surface area contributed by atoms with E-state index in [-0.39, 0.29) is 6.61 Å². The molecule has 0 radical (unpaired) electrons. The Morgan fingerprint density at radius 2 is 2.14 bits per heavy atom. The molecule has 118 valence electrons. The number of nitrogens with zero attached hydrogens (tertiary/aromatic N) is 1. The number of aliphatic hydroxyl groups is 1. The van der Waals surface area contributed by atoms with E-state index in [1.807, 2.05) is 25.2 Å². The number of likely N-dealkylation sites (N-methyl/N-ethyl adjacent to an activating group) is 1. The van der Waals surface area contributed by atoms with Gasteiger partial charge in [-0.15, -0.1) is 0 Å². The van der Waals surface area contributed by atoms with Crippen molar-refractivity contribution in [3.05, 3.63) is 29.8 Å². The lowest BCUT2D eigenvalue weighted by Gasteiger charge is -2.23. The molecule has 0 saturated carbocycles. The van der Waals surface area contributed by atoms with E-state index in [0.29, 0.717) is 23.2 Å². The van der Waals surface area contributed by atoms with Crippen molar-refractivity contribution in [1.29, 1.82) is 0 Å². The van der Waals surface area contributed by atoms with Crippen molar-refractivity contribution < 1.29 is 9.84 Å². The summed E-state index contributed by atoms with van der Waals surface area (Å²) in [6.07, 6.45) is 0.621. The maximum atomic E-state index is 10.0. The Balaban J connectivity index is 2.40. The van der Waals surface area contributed by atoms with Crippen LogP contribution in [0.3, 0.4) is 0 Å². The highest BCUT2D eigenvalue weighted by atomic mass is 32.1. The minimum atomic E-state index is -0.521. The highest BCUT2D eigenvalue weighted by molar-refractivity contribution is 7.80. The fourth-order valence-electron chi connectivity index (χ4n) is 2.08. The monoisotopic (exact) mass is 310 g/mol. The second kappa shape index (κ2) is 8.97. The van der Waals surface area contributed by atoms with Gasteiger partial charge in [0.05, 0.1) is 0 Å². The van der Waals surface area contributed by atoms with E-state index in [4.69, 9.17) is 22.7 Å². The van der Waals surface area contributed by atoms with Crippen molar-refractivity contribution in [3.63, 3.8) is 0 Å². The molecule has 2 unspecified atom stereocenters. The number of ether oxygens (including phenoxy) is 1. The van der Waals surface area contributed by atoms with Gasteiger partial charge in [0.25, 0.3) is 0 Å². The lowest BCUT2D eigenvalue weighted by molar-refractivity contribution is 0.0723. The normalized spacial score (nSPS) is 14.0. The summed E-state index contributed by atoms with van der Waals surface area (Å²) in [7, 11) is 2.02. The summed E-state index contributed by atoms with van der Waals surface area (Å²) < 4.78 is 5.60. The van der Waals surface area contributed by atoms with Gasteiger partial charge in [0, 0.05) is 18.7 Å². The number of hydrogen-bond donors (Lipinski definition) is 2. The Labute approximate surface area is 132 Å². The first-order valence-corrected chi connectivity index (χ1v) is 7.72. The van der Waals surface area contributed by atoms with Gasteiger partial charge in [-0.3, -0.25) is 0 Å². The van der Waals surface area contributed by atoms with Crippen LogP contribution in [0.2, 0.25) is 0 Å². The number of rotatable bonds is 9. The predicted octanol–water partition coefficient (Wildman–Crippen LogP) is 2.04. The first-order valence-electron chi connectivity index (χ1n) is 7.31. The Kier molecular flexibility index (Phi) is 7.64. The molecule has 21 heavy (non-hydrogen) atoms. The first-order chi connectivity index (χ1) is 9.92. The summed E-state index contributed by atoms with van der Waals surface area (Å²) in [6, 6.07) is 7.30. The SMILES string of the molecule is CCC(C)CN(C)CC(O)COc1cccc(C(N)=S)c1. The third-order valence-electron chi connectivity index (χ3n) is 3.40. The Morgan fingerprint density at radius 1 is 1.43 bits per heavy atom. The highest BCUT2D eigenvalue weighted by Gasteiger charge is 2.11. The zero-order valence-corrected chi connectivity index (χ0v) is 13.9. The fourth-order valence-corrected chi connectivity index (χ4v) is 2.21. The predicted molar refractivity (Wildman–Crippen MR) is 90.8 cm³/mol. The smallest absolute Gasteiger partial charge is 0.120 e. The van der Waals surface area contributed by atoms with E-state index in [1.165, 1.54) is 0 Å². The average Bonchev–Trinajstić information content (AvgIpc) is 2.45. The molecule has 0 heterocycles. The molecule has 4 nitrogen and oxygen atoms in total. The van der Waals surface area contributed by atoms with Gasteiger partial charge in [0.15, 0.2) is 0 Å². The van der Waals surface area contributed by atoms with Crippen LogP contribution in [0.15, 0.2) is 24.3 Å². The molecule has 0 fully saturated rings. The third kappa shape index (κ3) is 6.89. The number of thiocarbonyl (C=S) groups is 1. The summed E-state index contributed by atoms with van der Waals surface area (Å²) in [4.78, 5) is 2.47. The Hall–Kier alpha value is -1.17. The van der Waals surface area contributed by atoms with Gasteiger partial charge in [-0.25, -0.2) is 0 Å². The van der Waals surface area contributed by atoms with Gasteiger partial charge in [-0.05, 0) is 25.1 Å². The fraction of sp³-hybridized carbons (Fsp3) is 0.562. The van der Waals surface area contributed by atoms with Crippen LogP contribution in [0, 0.1) is 5.92 Å². The van der Waals surface area contributed by atoms with Gasteiger partial charge in [-0.1, -0.05) is 44.6 Å². The van der Waals surface area contributed by atoms with Gasteiger partial charge in [0.1, 0.15) is 23.4 Å². The zero-order valence-electron chi connectivity index (χ0n) is 13.1. The first kappa shape index (κ1) is 17.9. The quantitative estimate of drug-likeness (QED) is 0.684. The highest BCUT2D eigenvalue weighted by Crippen LogP contribution is 2.13. The Morgan fingerprint density at radius 3 is 2.76 bits per heavy atom. The molecular weight excluding hydrogens is 284 g/mol. The number of aliphatic hydroxyl groups excluding tert-OH is 1. The summed E-state index contributed by atoms with van der Waals surface area (Å²) in [5.41, 5.74) is 6.35. The Bertz CT molecular complexity index is 454. The minimum Gasteiger partial charge on any atom is -0.491 e. The van der Waals surface area contributed by atoms with Gasteiger partial charge in [0.2, 0.25) is 0 Å². The van der Waals surface area contributed by atoms with Gasteiger partial charge in [-0.2, -0.15) is 0 Å². The third-order valence-corrected chi connectivity index (χ3v) is 3.64. The van der Waals surface area contributed by atoms with Crippen molar-refractivity contribution in [2.24, 2.45) is 11.7 Å². The van der Waals surface area contributed by atoms with Crippen LogP contribution in [0.5, 0.6) is 5.75 Å². The summed E-state index contributed by atoms with van der Waals surface area (Å²) in [5.74, 6) is 1.30. The van der Waals surface area contributed by atoms with Crippen LogP contribution in [0.1, 0.15) is 25.8 Å². The van der Waals surface area contributed by atoms with Gasteiger partial charge < -0.3 is 20.5 Å². The molecule has 0 aromatic heterocycles. The number of benzene rings is 1. The summed E-state index contributed by atoms with van der Waals surface area (Å²) >= 11 is 4.93. The topological polar surface area (TPSA) is 58.7 Å². The van der Waals surface area contributed by atoms with E-state index in [2.05, 4.69) is 18.7 Å². The molecule has 0 spiro atoms. The van der Waals surface area contributed by atoms with E-state index in [1.54, 1.807) is 6.07 Å². The lowest BCUT2D eigenvalue weighted by atomic mass is 10.1. The molecule has 0 saturated heterocycles. The van der Waals surface area contributed by atoms with Crippen molar-refractivity contribution in [2.45, 2.75) is 26.4 Å². The molecule has 1 aromatic rings. The van der Waals surface area contributed by atoms with Crippen LogP contribution in [0.25, 0.3) is 0 Å². The second-order valence-corrected chi connectivity index (χ2v) is 6.03. The molecule has 0 amide bonds. The average molecular weight is 310 g/mol. The molecule has 3 N–H and O–H groups in total. The molecule has 0 aliphatic rings. The van der Waals surface area contributed by atoms with E-state index in [9.17, 15) is 5.11 Å². The van der Waals surface area contributed by atoms with E-state index < -0.39 is 6.10 Å². The molecular formula is C16H26N2O2S. The molecule has 2 atom stereocenters. The van der Waals surface area contributed by atoms with Crippen LogP contribution >= 0.6 is 12.2 Å². The molecule has 0 aliphatic carbocycles. The van der Waals surface area contributed by atoms with Gasteiger partial charge >= 0.3 is 0 Å². The minimum absolute atomic E-state index is 0.256. The zero-order chi connectivity index (χ0) is 15.8. The molecule has 5 heteroatoms. The summed E-state index contributed by atoms with van der Waals surface area (Å²) in [5, 5.41) is 10.0. The number of nitrogens with two attached hydrogens (primary N) is 1. The molecule has 1 rings (SSSR count). The number of hydrogen-bond acceptors (Lipinski definition) is 4. The van der Waals surface area contributed by atoms with Crippen LogP contribution in [0.4, 0.5) is 0 Å². The van der Waals surface area contributed by atoms with Crippen molar-refractivity contribution in [3.8, 4) is 5.75 Å².